The minimum atomic E-state index is -0.790. The number of carbonyl (C=O) groups excluding carboxylic acids is 2. The average molecular weight is 461 g/mol. The van der Waals surface area contributed by atoms with Crippen LogP contribution < -0.4 is 21.1 Å². The highest BCUT2D eigenvalue weighted by Gasteiger charge is 2.25. The summed E-state index contributed by atoms with van der Waals surface area (Å²) in [6, 6.07) is 19.4. The summed E-state index contributed by atoms with van der Waals surface area (Å²) in [6.07, 6.45) is 4.03. The summed E-state index contributed by atoms with van der Waals surface area (Å²) >= 11 is 0. The van der Waals surface area contributed by atoms with Crippen LogP contribution in [0.5, 0.6) is 5.75 Å². The van der Waals surface area contributed by atoms with Crippen LogP contribution in [0.15, 0.2) is 79.1 Å². The molecular formula is C27H32N4O3. The number of hydrogen-bond acceptors (Lipinski definition) is 5. The number of nitrogens with zero attached hydrogens (tertiary/aromatic N) is 1. The Morgan fingerprint density at radius 2 is 1.68 bits per heavy atom. The molecule has 0 fully saturated rings. The number of benzene rings is 2. The maximum absolute atomic E-state index is 13.0. The number of hydrogen-bond donors (Lipinski definition) is 3. The zero-order chi connectivity index (χ0) is 24.3. The van der Waals surface area contributed by atoms with Crippen LogP contribution in [0.1, 0.15) is 31.4 Å². The monoisotopic (exact) mass is 460 g/mol. The standard InChI is InChI=1S/C27H32N4O3/c1-19(2)15-24(28)26(32)31-25(27(33)30-22-9-6-14-29-17-22)16-20-10-12-23(13-11-20)34-18-21-7-4-3-5-8-21/h3-14,17,19,24-25H,15-16,18,28H2,1-2H3,(H,30,33)(H,31,32). The van der Waals surface area contributed by atoms with Crippen LogP contribution in [-0.4, -0.2) is 28.9 Å². The van der Waals surface area contributed by atoms with Crippen molar-refractivity contribution in [1.82, 2.24) is 10.3 Å². The first-order valence-corrected chi connectivity index (χ1v) is 11.4. The first-order valence-electron chi connectivity index (χ1n) is 11.4. The molecule has 34 heavy (non-hydrogen) atoms. The van der Waals surface area contributed by atoms with Gasteiger partial charge in [-0.2, -0.15) is 0 Å². The van der Waals surface area contributed by atoms with Crippen molar-refractivity contribution in [2.45, 2.75) is 45.4 Å². The highest BCUT2D eigenvalue weighted by atomic mass is 16.5. The summed E-state index contributed by atoms with van der Waals surface area (Å²) in [5.41, 5.74) is 8.57. The lowest BCUT2D eigenvalue weighted by molar-refractivity contribution is -0.127. The Morgan fingerprint density at radius 1 is 0.941 bits per heavy atom. The van der Waals surface area contributed by atoms with Gasteiger partial charge in [-0.15, -0.1) is 0 Å². The van der Waals surface area contributed by atoms with Gasteiger partial charge in [-0.1, -0.05) is 56.3 Å². The molecule has 0 saturated carbocycles. The number of ether oxygens (including phenoxy) is 1. The van der Waals surface area contributed by atoms with Gasteiger partial charge in [0.25, 0.3) is 0 Å². The molecule has 7 nitrogen and oxygen atoms in total. The van der Waals surface area contributed by atoms with E-state index in [1.165, 1.54) is 0 Å². The van der Waals surface area contributed by atoms with E-state index in [1.54, 1.807) is 24.5 Å². The van der Waals surface area contributed by atoms with Gasteiger partial charge in [0.2, 0.25) is 11.8 Å². The number of nitrogens with one attached hydrogen (secondary N) is 2. The predicted octanol–water partition coefficient (Wildman–Crippen LogP) is 3.70. The van der Waals surface area contributed by atoms with Crippen LogP contribution in [0.4, 0.5) is 5.69 Å². The van der Waals surface area contributed by atoms with E-state index in [0.29, 0.717) is 25.1 Å². The molecular weight excluding hydrogens is 428 g/mol. The van der Waals surface area contributed by atoms with Crippen molar-refractivity contribution >= 4 is 17.5 Å². The van der Waals surface area contributed by atoms with Crippen LogP contribution in [0.2, 0.25) is 0 Å². The fraction of sp³-hybridized carbons (Fsp3) is 0.296. The lowest BCUT2D eigenvalue weighted by atomic mass is 10.0. The smallest absolute Gasteiger partial charge is 0.247 e. The average Bonchev–Trinajstić information content (AvgIpc) is 2.84. The van der Waals surface area contributed by atoms with E-state index in [-0.39, 0.29) is 17.7 Å². The van der Waals surface area contributed by atoms with Gasteiger partial charge in [0.1, 0.15) is 18.4 Å². The van der Waals surface area contributed by atoms with Crippen molar-refractivity contribution in [2.75, 3.05) is 5.32 Å². The SMILES string of the molecule is CC(C)CC(N)C(=O)NC(Cc1ccc(OCc2ccccc2)cc1)C(=O)Nc1cccnc1. The first kappa shape index (κ1) is 24.9. The summed E-state index contributed by atoms with van der Waals surface area (Å²) in [7, 11) is 0. The third kappa shape index (κ3) is 8.01. The van der Waals surface area contributed by atoms with Gasteiger partial charge in [0, 0.05) is 12.6 Å². The van der Waals surface area contributed by atoms with Gasteiger partial charge in [-0.25, -0.2) is 0 Å². The molecule has 2 unspecified atom stereocenters. The first-order chi connectivity index (χ1) is 16.4. The molecule has 0 saturated heterocycles. The molecule has 1 aromatic heterocycles. The Labute approximate surface area is 200 Å². The lowest BCUT2D eigenvalue weighted by Crippen LogP contribution is -2.51. The molecule has 2 amide bonds. The molecule has 2 aromatic carbocycles. The van der Waals surface area contributed by atoms with E-state index < -0.39 is 12.1 Å². The highest BCUT2D eigenvalue weighted by Crippen LogP contribution is 2.16. The van der Waals surface area contributed by atoms with Crippen LogP contribution in [0, 0.1) is 5.92 Å². The zero-order valence-electron chi connectivity index (χ0n) is 19.6. The summed E-state index contributed by atoms with van der Waals surface area (Å²) in [5.74, 6) is 0.323. The molecule has 2 atom stereocenters. The van der Waals surface area contributed by atoms with Crippen LogP contribution in [0.3, 0.4) is 0 Å². The Morgan fingerprint density at radius 3 is 2.32 bits per heavy atom. The minimum absolute atomic E-state index is 0.270. The molecule has 3 aromatic rings. The van der Waals surface area contributed by atoms with E-state index in [9.17, 15) is 9.59 Å². The quantitative estimate of drug-likeness (QED) is 0.405. The van der Waals surface area contributed by atoms with Gasteiger partial charge in [0.15, 0.2) is 0 Å². The normalized spacial score (nSPS) is 12.6. The van der Waals surface area contributed by atoms with Gasteiger partial charge in [-0.05, 0) is 47.7 Å². The van der Waals surface area contributed by atoms with Crippen molar-refractivity contribution in [3.8, 4) is 5.75 Å². The van der Waals surface area contributed by atoms with Crippen LogP contribution >= 0.6 is 0 Å². The number of pyridine rings is 1. The Bertz CT molecular complexity index is 1040. The second kappa shape index (κ2) is 12.5. The molecule has 1 heterocycles. The fourth-order valence-corrected chi connectivity index (χ4v) is 3.47. The molecule has 4 N–H and O–H groups in total. The lowest BCUT2D eigenvalue weighted by Gasteiger charge is -2.21. The number of amides is 2. The summed E-state index contributed by atoms with van der Waals surface area (Å²) < 4.78 is 5.84. The van der Waals surface area contributed by atoms with E-state index in [0.717, 1.165) is 16.9 Å². The van der Waals surface area contributed by atoms with E-state index in [2.05, 4.69) is 15.6 Å². The molecule has 3 rings (SSSR count). The van der Waals surface area contributed by atoms with Crippen LogP contribution in [-0.2, 0) is 22.6 Å². The molecule has 0 spiro atoms. The molecule has 0 aliphatic rings. The Hall–Kier alpha value is -3.71. The zero-order valence-corrected chi connectivity index (χ0v) is 19.6. The molecule has 178 valence electrons. The van der Waals surface area contributed by atoms with E-state index >= 15 is 0 Å². The number of nitrogens with two attached hydrogens (primary N) is 1. The van der Waals surface area contributed by atoms with Crippen molar-refractivity contribution in [3.63, 3.8) is 0 Å². The van der Waals surface area contributed by atoms with Crippen molar-refractivity contribution in [1.29, 1.82) is 0 Å². The minimum Gasteiger partial charge on any atom is -0.489 e. The van der Waals surface area contributed by atoms with Gasteiger partial charge >= 0.3 is 0 Å². The third-order valence-corrected chi connectivity index (χ3v) is 5.24. The second-order valence-corrected chi connectivity index (χ2v) is 8.65. The molecule has 0 bridgehead atoms. The maximum atomic E-state index is 13.0. The largest absolute Gasteiger partial charge is 0.489 e. The van der Waals surface area contributed by atoms with Gasteiger partial charge in [0.05, 0.1) is 17.9 Å². The van der Waals surface area contributed by atoms with Gasteiger partial charge < -0.3 is 21.1 Å². The Kier molecular flexibility index (Phi) is 9.17. The maximum Gasteiger partial charge on any atom is 0.247 e. The number of aromatic nitrogens is 1. The van der Waals surface area contributed by atoms with Crippen LogP contribution in [0.25, 0.3) is 0 Å². The molecule has 7 heteroatoms. The van der Waals surface area contributed by atoms with Gasteiger partial charge in [-0.3, -0.25) is 14.6 Å². The summed E-state index contributed by atoms with van der Waals surface area (Å²) in [5, 5.41) is 5.64. The predicted molar refractivity (Wildman–Crippen MR) is 133 cm³/mol. The number of rotatable bonds is 11. The molecule has 0 radical (unpaired) electrons. The number of carbonyl (C=O) groups is 2. The van der Waals surface area contributed by atoms with Crippen molar-refractivity contribution in [2.24, 2.45) is 11.7 Å². The fourth-order valence-electron chi connectivity index (χ4n) is 3.47. The topological polar surface area (TPSA) is 106 Å². The van der Waals surface area contributed by atoms with Crippen molar-refractivity contribution in [3.05, 3.63) is 90.3 Å². The summed E-state index contributed by atoms with van der Waals surface area (Å²) in [4.78, 5) is 29.7. The second-order valence-electron chi connectivity index (χ2n) is 8.65. The van der Waals surface area contributed by atoms with E-state index in [1.807, 2.05) is 68.4 Å². The van der Waals surface area contributed by atoms with Crippen molar-refractivity contribution < 1.29 is 14.3 Å². The molecule has 0 aliphatic carbocycles. The highest BCUT2D eigenvalue weighted by molar-refractivity contribution is 5.97. The Balaban J connectivity index is 1.66. The summed E-state index contributed by atoms with van der Waals surface area (Å²) in [6.45, 7) is 4.47. The third-order valence-electron chi connectivity index (χ3n) is 5.24. The molecule has 0 aliphatic heterocycles. The number of anilines is 1. The van der Waals surface area contributed by atoms with E-state index in [4.69, 9.17) is 10.5 Å².